The zero-order valence-electron chi connectivity index (χ0n) is 16.4. The van der Waals surface area contributed by atoms with Crippen molar-refractivity contribution in [1.82, 2.24) is 19.2 Å². The molecule has 0 radical (unpaired) electrons. The number of nitrogens with zero attached hydrogens (tertiary/aromatic N) is 3. The highest BCUT2D eigenvalue weighted by Crippen LogP contribution is 2.30. The first-order valence-corrected chi connectivity index (χ1v) is 11.3. The third kappa shape index (κ3) is 4.36. The van der Waals surface area contributed by atoms with Crippen LogP contribution in [0.1, 0.15) is 19.0 Å². The number of aromatic amines is 1. The van der Waals surface area contributed by atoms with E-state index in [2.05, 4.69) is 51.9 Å². The zero-order chi connectivity index (χ0) is 20.6. The van der Waals surface area contributed by atoms with E-state index in [1.54, 1.807) is 6.07 Å². The van der Waals surface area contributed by atoms with Crippen LogP contribution in [0.25, 0.3) is 11.0 Å². The largest absolute Gasteiger partial charge is 0.369 e. The van der Waals surface area contributed by atoms with Gasteiger partial charge >= 0.3 is 0 Å². The highest BCUT2D eigenvalue weighted by atomic mass is 32.2. The normalized spacial score (nSPS) is 23.0. The molecule has 0 spiro atoms. The van der Waals surface area contributed by atoms with Gasteiger partial charge < -0.3 is 9.88 Å². The first kappa shape index (κ1) is 19.7. The first-order valence-electron chi connectivity index (χ1n) is 9.49. The lowest BCUT2D eigenvalue weighted by Crippen LogP contribution is -2.47. The van der Waals surface area contributed by atoms with Gasteiger partial charge in [-0.2, -0.15) is 4.31 Å². The lowest BCUT2D eigenvalue weighted by Gasteiger charge is -2.37. The van der Waals surface area contributed by atoms with Gasteiger partial charge in [0.2, 0.25) is 10.0 Å². The Hall–Kier alpha value is -2.63. The molecule has 0 amide bonds. The lowest BCUT2D eigenvalue weighted by atomic mass is 9.83. The number of hydrogen-bond acceptors (Lipinski definition) is 4. The van der Waals surface area contributed by atoms with E-state index < -0.39 is 10.0 Å². The summed E-state index contributed by atoms with van der Waals surface area (Å²) in [5.74, 6) is 6.08. The van der Waals surface area contributed by atoms with E-state index in [1.165, 1.54) is 22.8 Å². The molecule has 0 bridgehead atoms. The van der Waals surface area contributed by atoms with Gasteiger partial charge in [0, 0.05) is 37.3 Å². The average Bonchev–Trinajstić information content (AvgIpc) is 3.09. The van der Waals surface area contributed by atoms with Crippen molar-refractivity contribution in [2.75, 3.05) is 32.4 Å². The standard InChI is InChI=1S/C21H23FN4O2S/c1-21(6-3-18-14-16-13-17(22)15-23-20(16)24-18)7-4-19(5-8-21)25-9-11-26(12-10-25)29(2,27)28/h4-5,7,13-15H,8-12H2,1-2H3,(H,23,24). The van der Waals surface area contributed by atoms with Crippen LogP contribution in [0.4, 0.5) is 4.39 Å². The Morgan fingerprint density at radius 3 is 2.66 bits per heavy atom. The molecular weight excluding hydrogens is 391 g/mol. The van der Waals surface area contributed by atoms with Crippen LogP contribution in [0.15, 0.2) is 42.3 Å². The molecule has 8 heteroatoms. The predicted molar refractivity (Wildman–Crippen MR) is 111 cm³/mol. The summed E-state index contributed by atoms with van der Waals surface area (Å²) in [5, 5.41) is 0.703. The molecule has 2 aromatic heterocycles. The maximum Gasteiger partial charge on any atom is 0.211 e. The number of rotatable bonds is 2. The summed E-state index contributed by atoms with van der Waals surface area (Å²) in [5.41, 5.74) is 2.14. The maximum atomic E-state index is 13.3. The van der Waals surface area contributed by atoms with Crippen LogP contribution >= 0.6 is 0 Å². The Balaban J connectivity index is 1.42. The molecule has 152 valence electrons. The van der Waals surface area contributed by atoms with Gasteiger partial charge in [0.15, 0.2) is 0 Å². The van der Waals surface area contributed by atoms with Gasteiger partial charge in [0.25, 0.3) is 0 Å². The molecule has 1 aliphatic heterocycles. The highest BCUT2D eigenvalue weighted by Gasteiger charge is 2.26. The molecule has 0 aromatic carbocycles. The predicted octanol–water partition coefficient (Wildman–Crippen LogP) is 2.48. The molecule has 6 nitrogen and oxygen atoms in total. The smallest absolute Gasteiger partial charge is 0.211 e. The van der Waals surface area contributed by atoms with Crippen molar-refractivity contribution in [3.63, 3.8) is 0 Å². The van der Waals surface area contributed by atoms with Crippen molar-refractivity contribution in [2.24, 2.45) is 5.41 Å². The Bertz CT molecular complexity index is 1160. The van der Waals surface area contributed by atoms with Gasteiger partial charge in [-0.3, -0.25) is 0 Å². The molecular formula is C21H23FN4O2S. The molecule has 0 saturated carbocycles. The number of fused-ring (bicyclic) bond motifs is 1. The van der Waals surface area contributed by atoms with Crippen LogP contribution in [-0.4, -0.2) is 60.0 Å². The highest BCUT2D eigenvalue weighted by molar-refractivity contribution is 7.88. The molecule has 1 atom stereocenters. The number of H-pyrrole nitrogens is 1. The second kappa shape index (κ2) is 7.32. The van der Waals surface area contributed by atoms with Crippen molar-refractivity contribution in [3.8, 4) is 11.8 Å². The fourth-order valence-electron chi connectivity index (χ4n) is 3.59. The van der Waals surface area contributed by atoms with Crippen molar-refractivity contribution < 1.29 is 12.8 Å². The van der Waals surface area contributed by atoms with E-state index in [0.29, 0.717) is 42.9 Å². The Morgan fingerprint density at radius 2 is 2.00 bits per heavy atom. The zero-order valence-corrected chi connectivity index (χ0v) is 17.3. The van der Waals surface area contributed by atoms with Crippen molar-refractivity contribution >= 4 is 21.1 Å². The monoisotopic (exact) mass is 414 g/mol. The lowest BCUT2D eigenvalue weighted by molar-refractivity contribution is 0.233. The van der Waals surface area contributed by atoms with Crippen LogP contribution in [0.3, 0.4) is 0 Å². The molecule has 2 aromatic rings. The van der Waals surface area contributed by atoms with Crippen molar-refractivity contribution in [3.05, 3.63) is 53.8 Å². The number of piperazine rings is 1. The molecule has 4 rings (SSSR count). The number of aromatic nitrogens is 2. The molecule has 29 heavy (non-hydrogen) atoms. The maximum absolute atomic E-state index is 13.3. The van der Waals surface area contributed by atoms with Gasteiger partial charge in [-0.15, -0.1) is 0 Å². The van der Waals surface area contributed by atoms with E-state index in [9.17, 15) is 12.8 Å². The van der Waals surface area contributed by atoms with Crippen LogP contribution in [0.5, 0.6) is 0 Å². The summed E-state index contributed by atoms with van der Waals surface area (Å²) in [6.45, 7) is 4.46. The second-order valence-electron chi connectivity index (χ2n) is 7.76. The number of nitrogens with one attached hydrogen (secondary N) is 1. The van der Waals surface area contributed by atoms with Crippen LogP contribution in [0, 0.1) is 23.1 Å². The van der Waals surface area contributed by atoms with Crippen LogP contribution < -0.4 is 0 Å². The summed E-state index contributed by atoms with van der Waals surface area (Å²) in [4.78, 5) is 9.34. The second-order valence-corrected chi connectivity index (χ2v) is 9.74. The van der Waals surface area contributed by atoms with E-state index in [0.717, 1.165) is 12.1 Å². The number of sulfonamides is 1. The van der Waals surface area contributed by atoms with E-state index >= 15 is 0 Å². The van der Waals surface area contributed by atoms with Crippen molar-refractivity contribution in [2.45, 2.75) is 13.3 Å². The summed E-state index contributed by atoms with van der Waals surface area (Å²) in [6.07, 6.45) is 9.53. The Morgan fingerprint density at radius 1 is 1.24 bits per heavy atom. The molecule has 1 aliphatic carbocycles. The number of allylic oxidation sites excluding steroid dienone is 3. The molecule has 1 unspecified atom stereocenters. The summed E-state index contributed by atoms with van der Waals surface area (Å²) < 4.78 is 38.1. The van der Waals surface area contributed by atoms with Gasteiger partial charge in [0.1, 0.15) is 11.5 Å². The minimum absolute atomic E-state index is 0.298. The van der Waals surface area contributed by atoms with E-state index in [-0.39, 0.29) is 11.2 Å². The summed E-state index contributed by atoms with van der Waals surface area (Å²) in [7, 11) is -3.12. The Labute approximate surface area is 170 Å². The molecule has 1 N–H and O–H groups in total. The van der Waals surface area contributed by atoms with Gasteiger partial charge in [-0.25, -0.2) is 17.8 Å². The van der Waals surface area contributed by atoms with Crippen LogP contribution in [-0.2, 0) is 10.0 Å². The SMILES string of the molecule is CC1(C#Cc2cc3cc(F)cnc3[nH]2)C=CC(N2CCN(S(C)(=O)=O)CC2)=CC1. The molecule has 1 fully saturated rings. The first-order chi connectivity index (χ1) is 13.7. The van der Waals surface area contributed by atoms with Crippen molar-refractivity contribution in [1.29, 1.82) is 0 Å². The third-order valence-electron chi connectivity index (χ3n) is 5.35. The molecule has 1 saturated heterocycles. The van der Waals surface area contributed by atoms with Gasteiger partial charge in [-0.1, -0.05) is 18.1 Å². The van der Waals surface area contributed by atoms with Gasteiger partial charge in [-0.05, 0) is 37.5 Å². The van der Waals surface area contributed by atoms with Gasteiger partial charge in [0.05, 0.1) is 23.6 Å². The third-order valence-corrected chi connectivity index (χ3v) is 6.65. The van der Waals surface area contributed by atoms with E-state index in [4.69, 9.17) is 0 Å². The topological polar surface area (TPSA) is 69.3 Å². The number of pyridine rings is 1. The minimum atomic E-state index is -3.12. The fourth-order valence-corrected chi connectivity index (χ4v) is 4.42. The summed E-state index contributed by atoms with van der Waals surface area (Å²) >= 11 is 0. The quantitative estimate of drug-likeness (QED) is 0.767. The average molecular weight is 415 g/mol. The molecule has 2 aliphatic rings. The fraction of sp³-hybridized carbons (Fsp3) is 0.381. The number of halogens is 1. The molecule has 3 heterocycles. The Kier molecular flexibility index (Phi) is 4.97. The summed E-state index contributed by atoms with van der Waals surface area (Å²) in [6, 6.07) is 3.24. The minimum Gasteiger partial charge on any atom is -0.369 e. The number of hydrogen-bond donors (Lipinski definition) is 1. The van der Waals surface area contributed by atoms with E-state index in [1.807, 2.05) is 0 Å². The van der Waals surface area contributed by atoms with Crippen LogP contribution in [0.2, 0.25) is 0 Å².